The standard InChI is InChI=1S/C57H53BN2O/c1-54(2,3)32-16-20-35(21-17-32)60-47-30-41-36-22-18-34(56(7,8)9)29-48(36)61-49(41)31-40(47)37-23-24-39-51-46(27-25-43-50(51)38-14-12-13-15-42(38)57(43,10)11)59-45-26-19-33(55(4,5)6)28-44(45)58(60)52(37)53(39)59/h12-31H,1-11H3. The molecule has 1 aliphatic carbocycles. The third-order valence-electron chi connectivity index (χ3n) is 14.7. The van der Waals surface area contributed by atoms with Gasteiger partial charge in [-0.2, -0.15) is 0 Å². The van der Waals surface area contributed by atoms with E-state index in [1.807, 2.05) is 0 Å². The van der Waals surface area contributed by atoms with E-state index in [0.717, 1.165) is 21.9 Å². The molecule has 0 N–H and O–H groups in total. The van der Waals surface area contributed by atoms with Gasteiger partial charge in [-0.1, -0.05) is 155 Å². The summed E-state index contributed by atoms with van der Waals surface area (Å²) < 4.78 is 9.47. The highest BCUT2D eigenvalue weighted by molar-refractivity contribution is 6.93. The Morgan fingerprint density at radius 2 is 1.18 bits per heavy atom. The highest BCUT2D eigenvalue weighted by atomic mass is 16.3. The van der Waals surface area contributed by atoms with Gasteiger partial charge in [0.05, 0.1) is 11.0 Å². The van der Waals surface area contributed by atoms with Crippen LogP contribution in [0.15, 0.2) is 126 Å². The average molecular weight is 793 g/mol. The SMILES string of the molecule is CC(C)(C)c1ccc(N2B3c4cc(C(C)(C)C)ccc4-n4c5ccc6c(c5c5ccc(c3c54)-c3cc4oc5cc(C(C)(C)C)ccc5c4cc32)-c2ccccc2C6(C)C)cc1. The third kappa shape index (κ3) is 4.88. The minimum absolute atomic E-state index is 0.0188. The predicted octanol–water partition coefficient (Wildman–Crippen LogP) is 14.1. The van der Waals surface area contributed by atoms with Crippen molar-refractivity contribution in [3.63, 3.8) is 0 Å². The first-order chi connectivity index (χ1) is 28.9. The fourth-order valence-corrected chi connectivity index (χ4v) is 11.3. The van der Waals surface area contributed by atoms with Crippen LogP contribution in [0.2, 0.25) is 0 Å². The number of hydrogen-bond acceptors (Lipinski definition) is 2. The lowest BCUT2D eigenvalue weighted by Gasteiger charge is -2.42. The van der Waals surface area contributed by atoms with Crippen molar-refractivity contribution in [2.75, 3.05) is 4.81 Å². The molecule has 0 amide bonds. The summed E-state index contributed by atoms with van der Waals surface area (Å²) in [5.41, 5.74) is 22.8. The number of nitrogens with zero attached hydrogens (tertiary/aromatic N) is 2. The summed E-state index contributed by atoms with van der Waals surface area (Å²) in [5.74, 6) is 0. The van der Waals surface area contributed by atoms with E-state index in [4.69, 9.17) is 4.42 Å². The van der Waals surface area contributed by atoms with Crippen molar-refractivity contribution in [1.29, 1.82) is 0 Å². The zero-order valence-electron chi connectivity index (χ0n) is 37.4. The van der Waals surface area contributed by atoms with E-state index in [1.165, 1.54) is 99.9 Å². The number of rotatable bonds is 1. The molecule has 300 valence electrons. The van der Waals surface area contributed by atoms with Crippen LogP contribution in [0.1, 0.15) is 104 Å². The second-order valence-corrected chi connectivity index (χ2v) is 21.8. The summed E-state index contributed by atoms with van der Waals surface area (Å²) in [6.07, 6.45) is 0. The highest BCUT2D eigenvalue weighted by Gasteiger charge is 2.46. The lowest BCUT2D eigenvalue weighted by molar-refractivity contribution is 0.587. The summed E-state index contributed by atoms with van der Waals surface area (Å²) in [6, 6.07) is 47.2. The number of benzene rings is 7. The van der Waals surface area contributed by atoms with E-state index in [-0.39, 0.29) is 28.5 Å². The maximum absolute atomic E-state index is 6.85. The smallest absolute Gasteiger partial charge is 0.333 e. The van der Waals surface area contributed by atoms with Crippen molar-refractivity contribution < 1.29 is 4.42 Å². The quantitative estimate of drug-likeness (QED) is 0.154. The van der Waals surface area contributed by atoms with Gasteiger partial charge in [-0.25, -0.2) is 0 Å². The van der Waals surface area contributed by atoms with E-state index in [2.05, 4.69) is 207 Å². The van der Waals surface area contributed by atoms with Gasteiger partial charge in [0.1, 0.15) is 11.2 Å². The number of furan rings is 1. The number of hydrogen-bond donors (Lipinski definition) is 0. The summed E-state index contributed by atoms with van der Waals surface area (Å²) in [7, 11) is 0. The largest absolute Gasteiger partial charge is 0.456 e. The van der Waals surface area contributed by atoms with Crippen molar-refractivity contribution in [2.24, 2.45) is 0 Å². The summed E-state index contributed by atoms with van der Waals surface area (Å²) in [4.78, 5) is 2.67. The zero-order chi connectivity index (χ0) is 42.3. The third-order valence-corrected chi connectivity index (χ3v) is 14.7. The molecule has 0 fully saturated rings. The lowest BCUT2D eigenvalue weighted by Crippen LogP contribution is -2.60. The zero-order valence-corrected chi connectivity index (χ0v) is 37.4. The van der Waals surface area contributed by atoms with Gasteiger partial charge in [0, 0.05) is 49.6 Å². The maximum Gasteiger partial charge on any atom is 0.333 e. The minimum Gasteiger partial charge on any atom is -0.456 e. The van der Waals surface area contributed by atoms with Crippen LogP contribution in [-0.4, -0.2) is 11.4 Å². The fourth-order valence-electron chi connectivity index (χ4n) is 11.3. The molecule has 0 unspecified atom stereocenters. The van der Waals surface area contributed by atoms with Crippen LogP contribution < -0.4 is 15.7 Å². The first kappa shape index (κ1) is 36.8. The van der Waals surface area contributed by atoms with Crippen molar-refractivity contribution in [3.05, 3.63) is 149 Å². The Balaban J connectivity index is 1.24. The molecule has 3 nitrogen and oxygen atoms in total. The molecule has 4 heteroatoms. The van der Waals surface area contributed by atoms with Crippen molar-refractivity contribution >= 4 is 72.9 Å². The van der Waals surface area contributed by atoms with Crippen LogP contribution in [0.5, 0.6) is 0 Å². The van der Waals surface area contributed by atoms with Gasteiger partial charge in [-0.05, 0) is 114 Å². The number of aromatic nitrogens is 1. The van der Waals surface area contributed by atoms with E-state index in [0.29, 0.717) is 0 Å². The molecule has 4 heterocycles. The fraction of sp³-hybridized carbons (Fsp3) is 0.263. The van der Waals surface area contributed by atoms with Crippen molar-refractivity contribution in [3.8, 4) is 27.9 Å². The molecule has 2 aromatic heterocycles. The Morgan fingerprint density at radius 1 is 0.525 bits per heavy atom. The van der Waals surface area contributed by atoms with E-state index < -0.39 is 0 Å². The summed E-state index contributed by atoms with van der Waals surface area (Å²) >= 11 is 0. The van der Waals surface area contributed by atoms with Gasteiger partial charge >= 0.3 is 6.85 Å². The maximum atomic E-state index is 6.85. The second kappa shape index (κ2) is 11.7. The minimum atomic E-state index is -0.0917. The molecular formula is C57H53BN2O. The molecule has 7 aromatic carbocycles. The van der Waals surface area contributed by atoms with Gasteiger partial charge in [0.25, 0.3) is 0 Å². The van der Waals surface area contributed by atoms with Gasteiger partial charge in [-0.15, -0.1) is 0 Å². The van der Waals surface area contributed by atoms with Gasteiger partial charge in [-0.3, -0.25) is 0 Å². The van der Waals surface area contributed by atoms with Crippen LogP contribution in [0, 0.1) is 0 Å². The van der Waals surface area contributed by atoms with E-state index in [1.54, 1.807) is 0 Å². The van der Waals surface area contributed by atoms with E-state index in [9.17, 15) is 0 Å². The molecule has 3 aliphatic rings. The molecule has 0 atom stereocenters. The summed E-state index contributed by atoms with van der Waals surface area (Å²) in [6.45, 7) is 25.5. The monoisotopic (exact) mass is 792 g/mol. The van der Waals surface area contributed by atoms with Crippen LogP contribution in [-0.2, 0) is 21.7 Å². The van der Waals surface area contributed by atoms with Crippen LogP contribution in [0.25, 0.3) is 71.7 Å². The second-order valence-electron chi connectivity index (χ2n) is 21.8. The van der Waals surface area contributed by atoms with Crippen molar-refractivity contribution in [2.45, 2.75) is 97.8 Å². The van der Waals surface area contributed by atoms with Crippen LogP contribution in [0.3, 0.4) is 0 Å². The lowest BCUT2D eigenvalue weighted by atomic mass is 9.43. The molecule has 0 radical (unpaired) electrons. The molecule has 2 aliphatic heterocycles. The molecule has 61 heavy (non-hydrogen) atoms. The molecule has 9 aromatic rings. The Kier molecular flexibility index (Phi) is 7.05. The average Bonchev–Trinajstić information content (AvgIpc) is 3.83. The van der Waals surface area contributed by atoms with Gasteiger partial charge in [0.2, 0.25) is 0 Å². The highest BCUT2D eigenvalue weighted by Crippen LogP contribution is 2.55. The Hall–Kier alpha value is -6.00. The Labute approximate surface area is 360 Å². The predicted molar refractivity (Wildman–Crippen MR) is 261 cm³/mol. The van der Waals surface area contributed by atoms with Gasteiger partial charge < -0.3 is 13.8 Å². The Morgan fingerprint density at radius 3 is 1.92 bits per heavy atom. The molecular weight excluding hydrogens is 739 g/mol. The van der Waals surface area contributed by atoms with Gasteiger partial charge in [0.15, 0.2) is 0 Å². The normalized spacial score (nSPS) is 15.2. The topological polar surface area (TPSA) is 21.3 Å². The summed E-state index contributed by atoms with van der Waals surface area (Å²) in [5, 5.41) is 4.99. The van der Waals surface area contributed by atoms with Crippen LogP contribution in [0.4, 0.5) is 11.4 Å². The molecule has 0 spiro atoms. The van der Waals surface area contributed by atoms with Crippen molar-refractivity contribution in [1.82, 2.24) is 4.57 Å². The first-order valence-electron chi connectivity index (χ1n) is 22.2. The van der Waals surface area contributed by atoms with Crippen LogP contribution >= 0.6 is 0 Å². The number of anilines is 2. The molecule has 12 rings (SSSR count). The number of fused-ring (bicyclic) bond motifs is 15. The van der Waals surface area contributed by atoms with E-state index >= 15 is 0 Å². The molecule has 0 bridgehead atoms. The molecule has 0 saturated heterocycles. The molecule has 0 saturated carbocycles. The first-order valence-corrected chi connectivity index (χ1v) is 22.2. The Bertz CT molecular complexity index is 3390.